The van der Waals surface area contributed by atoms with E-state index in [4.69, 9.17) is 0 Å². The quantitative estimate of drug-likeness (QED) is 0.731. The van der Waals surface area contributed by atoms with Crippen LogP contribution >= 0.6 is 12.6 Å². The van der Waals surface area contributed by atoms with E-state index in [0.717, 1.165) is 6.42 Å². The summed E-state index contributed by atoms with van der Waals surface area (Å²) < 4.78 is 0. The normalized spacial score (nSPS) is 12.1. The first kappa shape index (κ1) is 11.1. The van der Waals surface area contributed by atoms with Gasteiger partial charge < -0.3 is 5.32 Å². The summed E-state index contributed by atoms with van der Waals surface area (Å²) in [7, 11) is 0. The molecular formula is C11H15NOS. The highest BCUT2D eigenvalue weighted by atomic mass is 32.1. The van der Waals surface area contributed by atoms with Gasteiger partial charge >= 0.3 is 0 Å². The molecule has 3 heteroatoms. The topological polar surface area (TPSA) is 29.1 Å². The number of nitrogens with one attached hydrogen (secondary N) is 1. The zero-order valence-electron chi connectivity index (χ0n) is 8.23. The van der Waals surface area contributed by atoms with Gasteiger partial charge in [-0.05, 0) is 18.6 Å². The molecule has 0 saturated heterocycles. The van der Waals surface area contributed by atoms with E-state index in [0.29, 0.717) is 11.3 Å². The fraction of sp³-hybridized carbons (Fsp3) is 0.364. The van der Waals surface area contributed by atoms with Gasteiger partial charge in [0.15, 0.2) is 0 Å². The van der Waals surface area contributed by atoms with E-state index >= 15 is 0 Å². The van der Waals surface area contributed by atoms with Gasteiger partial charge in [0, 0.05) is 17.4 Å². The third-order valence-electron chi connectivity index (χ3n) is 2.08. The lowest BCUT2D eigenvalue weighted by Gasteiger charge is -2.13. The Labute approximate surface area is 90.1 Å². The Morgan fingerprint density at radius 3 is 2.57 bits per heavy atom. The Bertz CT molecular complexity index is 283. The second-order valence-electron chi connectivity index (χ2n) is 3.13. The molecule has 1 aromatic rings. The van der Waals surface area contributed by atoms with Crippen LogP contribution in [0.4, 0.5) is 0 Å². The van der Waals surface area contributed by atoms with Crippen molar-refractivity contribution in [2.45, 2.75) is 19.4 Å². The molecule has 0 unspecified atom stereocenters. The van der Waals surface area contributed by atoms with Crippen LogP contribution in [0.15, 0.2) is 30.3 Å². The molecule has 0 radical (unpaired) electrons. The van der Waals surface area contributed by atoms with Gasteiger partial charge in [0.25, 0.3) is 5.91 Å². The molecule has 0 aliphatic heterocycles. The zero-order valence-corrected chi connectivity index (χ0v) is 9.13. The number of thiol groups is 1. The third kappa shape index (κ3) is 3.07. The van der Waals surface area contributed by atoms with Gasteiger partial charge in [-0.2, -0.15) is 12.6 Å². The summed E-state index contributed by atoms with van der Waals surface area (Å²) in [5.41, 5.74) is 0.702. The number of amides is 1. The molecule has 0 aromatic heterocycles. The van der Waals surface area contributed by atoms with E-state index in [2.05, 4.69) is 17.9 Å². The van der Waals surface area contributed by atoms with Gasteiger partial charge in [0.2, 0.25) is 0 Å². The fourth-order valence-corrected chi connectivity index (χ4v) is 1.48. The molecule has 1 atom stereocenters. The Morgan fingerprint density at radius 2 is 2.07 bits per heavy atom. The minimum absolute atomic E-state index is 0.0218. The third-order valence-corrected chi connectivity index (χ3v) is 2.53. The van der Waals surface area contributed by atoms with E-state index in [1.54, 1.807) is 12.1 Å². The summed E-state index contributed by atoms with van der Waals surface area (Å²) in [5, 5.41) is 2.92. The summed E-state index contributed by atoms with van der Waals surface area (Å²) >= 11 is 4.17. The molecule has 1 N–H and O–H groups in total. The highest BCUT2D eigenvalue weighted by Gasteiger charge is 2.09. The van der Waals surface area contributed by atoms with Crippen LogP contribution < -0.4 is 5.32 Å². The largest absolute Gasteiger partial charge is 0.348 e. The van der Waals surface area contributed by atoms with Crippen LogP contribution in [0.3, 0.4) is 0 Å². The second kappa shape index (κ2) is 5.70. The van der Waals surface area contributed by atoms with E-state index in [1.807, 2.05) is 25.1 Å². The van der Waals surface area contributed by atoms with Gasteiger partial charge in [-0.1, -0.05) is 25.1 Å². The van der Waals surface area contributed by atoms with Gasteiger partial charge in [0.05, 0.1) is 0 Å². The number of carbonyl (C=O) groups is 1. The Morgan fingerprint density at radius 1 is 1.43 bits per heavy atom. The summed E-state index contributed by atoms with van der Waals surface area (Å²) in [6.07, 6.45) is 0.905. The monoisotopic (exact) mass is 209 g/mol. The molecule has 0 bridgehead atoms. The van der Waals surface area contributed by atoms with Crippen molar-refractivity contribution in [3.8, 4) is 0 Å². The molecule has 1 aromatic carbocycles. The smallest absolute Gasteiger partial charge is 0.251 e. The summed E-state index contributed by atoms with van der Waals surface area (Å²) in [6.45, 7) is 2.03. The van der Waals surface area contributed by atoms with Crippen LogP contribution in [0.1, 0.15) is 23.7 Å². The maximum atomic E-state index is 11.6. The van der Waals surface area contributed by atoms with Gasteiger partial charge in [-0.25, -0.2) is 0 Å². The van der Waals surface area contributed by atoms with Crippen molar-refractivity contribution in [2.24, 2.45) is 0 Å². The standard InChI is InChI=1S/C11H15NOS/c1-2-10(8-14)12-11(13)9-6-4-3-5-7-9/h3-7,10,14H,2,8H2,1H3,(H,12,13)/t10-/m1/s1. The van der Waals surface area contributed by atoms with Gasteiger partial charge in [0.1, 0.15) is 0 Å². The van der Waals surface area contributed by atoms with E-state index in [-0.39, 0.29) is 11.9 Å². The number of carbonyl (C=O) groups excluding carboxylic acids is 1. The summed E-state index contributed by atoms with van der Waals surface area (Å²) in [6, 6.07) is 9.38. The predicted octanol–water partition coefficient (Wildman–Crippen LogP) is 2.12. The molecule has 2 nitrogen and oxygen atoms in total. The Balaban J connectivity index is 2.59. The summed E-state index contributed by atoms with van der Waals surface area (Å²) in [5.74, 6) is 0.654. The second-order valence-corrected chi connectivity index (χ2v) is 3.49. The minimum Gasteiger partial charge on any atom is -0.348 e. The van der Waals surface area contributed by atoms with Crippen molar-refractivity contribution in [1.29, 1.82) is 0 Å². The van der Waals surface area contributed by atoms with Crippen molar-refractivity contribution in [3.05, 3.63) is 35.9 Å². The highest BCUT2D eigenvalue weighted by molar-refractivity contribution is 7.80. The molecule has 0 aliphatic rings. The lowest BCUT2D eigenvalue weighted by atomic mass is 10.2. The van der Waals surface area contributed by atoms with Crippen molar-refractivity contribution in [1.82, 2.24) is 5.32 Å². The lowest BCUT2D eigenvalue weighted by molar-refractivity contribution is 0.0940. The average Bonchev–Trinajstić information content (AvgIpc) is 2.26. The van der Waals surface area contributed by atoms with Crippen LogP contribution in [0.25, 0.3) is 0 Å². The van der Waals surface area contributed by atoms with Gasteiger partial charge in [-0.15, -0.1) is 0 Å². The first-order chi connectivity index (χ1) is 6.77. The molecule has 0 aliphatic carbocycles. The van der Waals surface area contributed by atoms with Crippen LogP contribution in [-0.2, 0) is 0 Å². The maximum Gasteiger partial charge on any atom is 0.251 e. The molecular weight excluding hydrogens is 194 g/mol. The van der Waals surface area contributed by atoms with Crippen LogP contribution in [0, 0.1) is 0 Å². The maximum absolute atomic E-state index is 11.6. The van der Waals surface area contributed by atoms with Crippen molar-refractivity contribution in [3.63, 3.8) is 0 Å². The average molecular weight is 209 g/mol. The van der Waals surface area contributed by atoms with E-state index in [1.165, 1.54) is 0 Å². The minimum atomic E-state index is -0.0218. The van der Waals surface area contributed by atoms with E-state index < -0.39 is 0 Å². The number of rotatable bonds is 4. The molecule has 0 fully saturated rings. The van der Waals surface area contributed by atoms with Crippen LogP contribution in [0.5, 0.6) is 0 Å². The Kier molecular flexibility index (Phi) is 4.53. The number of hydrogen-bond acceptors (Lipinski definition) is 2. The molecule has 14 heavy (non-hydrogen) atoms. The number of benzene rings is 1. The zero-order chi connectivity index (χ0) is 10.4. The Hall–Kier alpha value is -0.960. The predicted molar refractivity (Wildman–Crippen MR) is 61.8 cm³/mol. The fourth-order valence-electron chi connectivity index (χ4n) is 1.14. The molecule has 0 heterocycles. The van der Waals surface area contributed by atoms with Crippen LogP contribution in [0.2, 0.25) is 0 Å². The summed E-state index contributed by atoms with van der Waals surface area (Å²) in [4.78, 5) is 11.6. The van der Waals surface area contributed by atoms with Crippen molar-refractivity contribution >= 4 is 18.5 Å². The highest BCUT2D eigenvalue weighted by Crippen LogP contribution is 2.00. The lowest BCUT2D eigenvalue weighted by Crippen LogP contribution is -2.35. The SMILES string of the molecule is CC[C@H](CS)NC(=O)c1ccccc1. The van der Waals surface area contributed by atoms with Crippen LogP contribution in [-0.4, -0.2) is 17.7 Å². The van der Waals surface area contributed by atoms with E-state index in [9.17, 15) is 4.79 Å². The molecule has 0 saturated carbocycles. The number of hydrogen-bond donors (Lipinski definition) is 2. The first-order valence-corrected chi connectivity index (χ1v) is 5.38. The van der Waals surface area contributed by atoms with Crippen molar-refractivity contribution < 1.29 is 4.79 Å². The molecule has 1 amide bonds. The molecule has 0 spiro atoms. The van der Waals surface area contributed by atoms with Crippen molar-refractivity contribution in [2.75, 3.05) is 5.75 Å². The molecule has 76 valence electrons. The molecule has 1 rings (SSSR count). The van der Waals surface area contributed by atoms with Gasteiger partial charge in [-0.3, -0.25) is 4.79 Å². The first-order valence-electron chi connectivity index (χ1n) is 4.74.